The molecule has 0 aliphatic heterocycles. The van der Waals surface area contributed by atoms with Gasteiger partial charge in [-0.3, -0.25) is 9.52 Å². The molecule has 0 fully saturated rings. The molecule has 0 aliphatic rings. The highest BCUT2D eigenvalue weighted by atomic mass is 32.2. The number of anilines is 1. The highest BCUT2D eigenvalue weighted by Gasteiger charge is 2.16. The first kappa shape index (κ1) is 20.2. The summed E-state index contributed by atoms with van der Waals surface area (Å²) in [4.78, 5) is 12.2. The van der Waals surface area contributed by atoms with Crippen LogP contribution in [0.15, 0.2) is 75.1 Å². The number of aryl methyl sites for hydroxylation is 1. The molecule has 1 aromatic heterocycles. The van der Waals surface area contributed by atoms with E-state index in [4.69, 9.17) is 9.15 Å². The first-order valence-corrected chi connectivity index (χ1v) is 10.0. The number of amides is 1. The van der Waals surface area contributed by atoms with Crippen LogP contribution in [0.25, 0.3) is 0 Å². The fourth-order valence-corrected chi connectivity index (χ4v) is 3.52. The Hall–Kier alpha value is -3.59. The lowest BCUT2D eigenvalue weighted by molar-refractivity contribution is 0.0955. The summed E-state index contributed by atoms with van der Waals surface area (Å²) in [6.07, 6.45) is 1.36. The molecule has 0 saturated heterocycles. The lowest BCUT2D eigenvalue weighted by Crippen LogP contribution is -2.19. The highest BCUT2D eigenvalue weighted by molar-refractivity contribution is 7.92. The molecule has 0 radical (unpaired) electrons. The van der Waals surface area contributed by atoms with E-state index in [-0.39, 0.29) is 10.5 Å². The molecule has 0 atom stereocenters. The second-order valence-corrected chi connectivity index (χ2v) is 7.69. The van der Waals surface area contributed by atoms with Gasteiger partial charge in [0.05, 0.1) is 18.2 Å². The van der Waals surface area contributed by atoms with Gasteiger partial charge in [-0.25, -0.2) is 13.8 Å². The Balaban J connectivity index is 1.71. The number of furan rings is 1. The summed E-state index contributed by atoms with van der Waals surface area (Å²) in [7, 11) is -2.35. The highest BCUT2D eigenvalue weighted by Crippen LogP contribution is 2.20. The summed E-state index contributed by atoms with van der Waals surface area (Å²) in [5, 5.41) is 3.81. The van der Waals surface area contributed by atoms with Gasteiger partial charge in [0.25, 0.3) is 15.9 Å². The largest absolute Gasteiger partial charge is 0.497 e. The Bertz CT molecular complexity index is 1130. The van der Waals surface area contributed by atoms with Crippen molar-refractivity contribution in [2.45, 2.75) is 11.8 Å². The van der Waals surface area contributed by atoms with Gasteiger partial charge in [0, 0.05) is 11.3 Å². The monoisotopic (exact) mass is 413 g/mol. The zero-order chi connectivity index (χ0) is 20.9. The molecule has 2 aromatic carbocycles. The van der Waals surface area contributed by atoms with Gasteiger partial charge in [-0.2, -0.15) is 5.10 Å². The molecule has 9 heteroatoms. The van der Waals surface area contributed by atoms with Gasteiger partial charge in [0.2, 0.25) is 0 Å². The topological polar surface area (TPSA) is 110 Å². The minimum Gasteiger partial charge on any atom is -0.497 e. The van der Waals surface area contributed by atoms with Crippen LogP contribution in [0.2, 0.25) is 0 Å². The van der Waals surface area contributed by atoms with E-state index in [1.807, 2.05) is 0 Å². The zero-order valence-corrected chi connectivity index (χ0v) is 16.6. The molecule has 29 heavy (non-hydrogen) atoms. The molecular weight excluding hydrogens is 394 g/mol. The molecule has 0 spiro atoms. The summed E-state index contributed by atoms with van der Waals surface area (Å²) in [5.41, 5.74) is 2.86. The van der Waals surface area contributed by atoms with Gasteiger partial charge in [0.1, 0.15) is 17.3 Å². The minimum absolute atomic E-state index is 0.0494. The SMILES string of the molecule is COc1ccc(NS(=O)(=O)c2cccc(C(=O)N/N=C/c3ccc(C)o3)c2)cc1. The number of sulfonamides is 1. The summed E-state index contributed by atoms with van der Waals surface area (Å²) < 4.78 is 38.1. The van der Waals surface area contributed by atoms with Crippen LogP contribution in [0.5, 0.6) is 5.75 Å². The first-order chi connectivity index (χ1) is 13.9. The molecule has 0 saturated carbocycles. The van der Waals surface area contributed by atoms with E-state index in [9.17, 15) is 13.2 Å². The number of carbonyl (C=O) groups is 1. The Kier molecular flexibility index (Phi) is 5.99. The van der Waals surface area contributed by atoms with Gasteiger partial charge >= 0.3 is 0 Å². The van der Waals surface area contributed by atoms with Crippen molar-refractivity contribution in [1.82, 2.24) is 5.43 Å². The Labute approximate surface area is 168 Å². The fourth-order valence-electron chi connectivity index (χ4n) is 2.42. The molecule has 3 aromatic rings. The van der Waals surface area contributed by atoms with Crippen molar-refractivity contribution in [3.05, 3.63) is 77.7 Å². The van der Waals surface area contributed by atoms with E-state index in [1.54, 1.807) is 43.3 Å². The molecule has 1 amide bonds. The van der Waals surface area contributed by atoms with Crippen LogP contribution in [0.3, 0.4) is 0 Å². The van der Waals surface area contributed by atoms with Gasteiger partial charge < -0.3 is 9.15 Å². The van der Waals surface area contributed by atoms with Crippen molar-refractivity contribution in [3.8, 4) is 5.75 Å². The van der Waals surface area contributed by atoms with E-state index < -0.39 is 15.9 Å². The van der Waals surface area contributed by atoms with E-state index in [0.29, 0.717) is 17.2 Å². The maximum Gasteiger partial charge on any atom is 0.271 e. The van der Waals surface area contributed by atoms with Crippen LogP contribution in [0.4, 0.5) is 5.69 Å². The standard InChI is InChI=1S/C20H19N3O5S/c1-14-6-9-18(28-14)13-21-22-20(24)15-4-3-5-19(12-15)29(25,26)23-16-7-10-17(27-2)11-8-16/h3-13,23H,1-2H3,(H,22,24)/b21-13+. The Morgan fingerprint density at radius 3 is 2.52 bits per heavy atom. The maximum atomic E-state index is 12.6. The number of ether oxygens (including phenoxy) is 1. The quantitative estimate of drug-likeness (QED) is 0.457. The third-order valence-corrected chi connectivity index (χ3v) is 5.25. The maximum absolute atomic E-state index is 12.6. The first-order valence-electron chi connectivity index (χ1n) is 8.54. The van der Waals surface area contributed by atoms with Crippen LogP contribution in [0, 0.1) is 6.92 Å². The summed E-state index contributed by atoms with van der Waals surface area (Å²) >= 11 is 0. The predicted octanol–water partition coefficient (Wildman–Crippen LogP) is 3.16. The normalized spacial score (nSPS) is 11.4. The third kappa shape index (κ3) is 5.23. The average Bonchev–Trinajstić information content (AvgIpc) is 3.13. The number of hydrogen-bond acceptors (Lipinski definition) is 6. The van der Waals surface area contributed by atoms with Crippen LogP contribution in [0.1, 0.15) is 21.9 Å². The second kappa shape index (κ2) is 8.61. The summed E-state index contributed by atoms with van der Waals surface area (Å²) in [6.45, 7) is 1.79. The van der Waals surface area contributed by atoms with Crippen molar-refractivity contribution < 1.29 is 22.4 Å². The number of benzene rings is 2. The molecule has 2 N–H and O–H groups in total. The average molecular weight is 413 g/mol. The van der Waals surface area contributed by atoms with Crippen molar-refractivity contribution in [2.24, 2.45) is 5.10 Å². The van der Waals surface area contributed by atoms with Gasteiger partial charge in [-0.05, 0) is 61.5 Å². The molecule has 8 nitrogen and oxygen atoms in total. The number of nitrogens with one attached hydrogen (secondary N) is 2. The number of methoxy groups -OCH3 is 1. The van der Waals surface area contributed by atoms with Crippen molar-refractivity contribution >= 4 is 27.8 Å². The predicted molar refractivity (Wildman–Crippen MR) is 109 cm³/mol. The van der Waals surface area contributed by atoms with Gasteiger partial charge in [-0.1, -0.05) is 6.07 Å². The van der Waals surface area contributed by atoms with Crippen LogP contribution in [-0.2, 0) is 10.0 Å². The zero-order valence-electron chi connectivity index (χ0n) is 15.7. The molecule has 0 unspecified atom stereocenters. The molecule has 0 aliphatic carbocycles. The van der Waals surface area contributed by atoms with Crippen molar-refractivity contribution in [2.75, 3.05) is 11.8 Å². The molecular formula is C20H19N3O5S. The van der Waals surface area contributed by atoms with E-state index in [1.165, 1.54) is 37.6 Å². The van der Waals surface area contributed by atoms with Gasteiger partial charge in [-0.15, -0.1) is 0 Å². The van der Waals surface area contributed by atoms with Crippen molar-refractivity contribution in [1.29, 1.82) is 0 Å². The smallest absolute Gasteiger partial charge is 0.271 e. The van der Waals surface area contributed by atoms with Crippen LogP contribution >= 0.6 is 0 Å². The molecule has 3 rings (SSSR count). The van der Waals surface area contributed by atoms with Crippen molar-refractivity contribution in [3.63, 3.8) is 0 Å². The lowest BCUT2D eigenvalue weighted by Gasteiger charge is -2.09. The Morgan fingerprint density at radius 1 is 1.10 bits per heavy atom. The van der Waals surface area contributed by atoms with Crippen LogP contribution < -0.4 is 14.9 Å². The van der Waals surface area contributed by atoms with E-state index >= 15 is 0 Å². The molecule has 0 bridgehead atoms. The number of nitrogens with zero attached hydrogens (tertiary/aromatic N) is 1. The number of hydrogen-bond donors (Lipinski definition) is 2. The van der Waals surface area contributed by atoms with E-state index in [2.05, 4.69) is 15.2 Å². The van der Waals surface area contributed by atoms with Gasteiger partial charge in [0.15, 0.2) is 0 Å². The minimum atomic E-state index is -3.87. The molecule has 1 heterocycles. The second-order valence-electron chi connectivity index (χ2n) is 6.01. The summed E-state index contributed by atoms with van der Waals surface area (Å²) in [5.74, 6) is 1.27. The van der Waals surface area contributed by atoms with Crippen LogP contribution in [-0.4, -0.2) is 27.6 Å². The number of rotatable bonds is 7. The number of carbonyl (C=O) groups excluding carboxylic acids is 1. The Morgan fingerprint density at radius 2 is 1.86 bits per heavy atom. The third-order valence-electron chi connectivity index (χ3n) is 3.87. The molecule has 150 valence electrons. The number of hydrazone groups is 1. The van der Waals surface area contributed by atoms with E-state index in [0.717, 1.165) is 5.76 Å². The fraction of sp³-hybridized carbons (Fsp3) is 0.100. The summed E-state index contributed by atoms with van der Waals surface area (Å²) in [6, 6.07) is 15.6. The lowest BCUT2D eigenvalue weighted by atomic mass is 10.2.